The van der Waals surface area contributed by atoms with E-state index in [1.165, 1.54) is 40.4 Å². The first-order valence-corrected chi connectivity index (χ1v) is 16.0. The van der Waals surface area contributed by atoms with Crippen LogP contribution in [0.2, 0.25) is 0 Å². The van der Waals surface area contributed by atoms with E-state index < -0.39 is 0 Å². The number of hydrogen-bond donors (Lipinski definition) is 1. The van der Waals surface area contributed by atoms with Gasteiger partial charge in [0.15, 0.2) is 0 Å². The molecule has 0 fully saturated rings. The van der Waals surface area contributed by atoms with Gasteiger partial charge in [-0.1, -0.05) is 97.1 Å². The van der Waals surface area contributed by atoms with Gasteiger partial charge >= 0.3 is 0 Å². The van der Waals surface area contributed by atoms with E-state index >= 15 is 0 Å². The zero-order valence-corrected chi connectivity index (χ0v) is 25.9. The zero-order valence-electron chi connectivity index (χ0n) is 25.9. The Kier molecular flexibility index (Phi) is 6.40. The zero-order chi connectivity index (χ0) is 32.4. The first-order chi connectivity index (χ1) is 23.5. The Morgan fingerprint density at radius 1 is 0.542 bits per heavy atom. The number of rotatable bonds is 5. The van der Waals surface area contributed by atoms with Gasteiger partial charge in [0.25, 0.3) is 0 Å². The minimum Gasteiger partial charge on any atom is -0.385 e. The number of nitrogens with two attached hydrogens (primary N) is 1. The summed E-state index contributed by atoms with van der Waals surface area (Å²) in [5.74, 6) is -0.138. The van der Waals surface area contributed by atoms with Gasteiger partial charge in [-0.15, -0.1) is 0 Å². The van der Waals surface area contributed by atoms with Crippen molar-refractivity contribution in [3.05, 3.63) is 174 Å². The fourth-order valence-electron chi connectivity index (χ4n) is 7.35. The molecule has 3 nitrogen and oxygen atoms in total. The predicted molar refractivity (Wildman–Crippen MR) is 196 cm³/mol. The van der Waals surface area contributed by atoms with Gasteiger partial charge in [-0.05, 0) is 83.1 Å². The van der Waals surface area contributed by atoms with Gasteiger partial charge in [-0.2, -0.15) is 0 Å². The summed E-state index contributed by atoms with van der Waals surface area (Å²) in [6.07, 6.45) is 4.33. The van der Waals surface area contributed by atoms with Gasteiger partial charge in [-0.25, -0.2) is 8.78 Å². The summed E-state index contributed by atoms with van der Waals surface area (Å²) in [5, 5.41) is 6.85. The molecular weight excluding hydrogens is 596 g/mol. The number of fused-ring (bicyclic) bond motifs is 12. The summed E-state index contributed by atoms with van der Waals surface area (Å²) in [5.41, 5.74) is 14.7. The molecule has 0 bridgehead atoms. The van der Waals surface area contributed by atoms with Crippen molar-refractivity contribution in [2.75, 3.05) is 0 Å². The molecule has 9 aromatic rings. The van der Waals surface area contributed by atoms with Crippen molar-refractivity contribution in [2.24, 2.45) is 5.73 Å². The molecule has 9 rings (SSSR count). The average Bonchev–Trinajstić information content (AvgIpc) is 3.67. The molecule has 6 aromatic carbocycles. The Bertz CT molecular complexity index is 2800. The van der Waals surface area contributed by atoms with E-state index in [9.17, 15) is 8.78 Å². The highest BCUT2D eigenvalue weighted by Crippen LogP contribution is 2.40. The number of benzene rings is 6. The minimum absolute atomic E-state index is 0.293. The van der Waals surface area contributed by atoms with Crippen LogP contribution in [-0.2, 0) is 6.42 Å². The van der Waals surface area contributed by atoms with Crippen LogP contribution in [0.25, 0.3) is 71.3 Å². The molecule has 0 aliphatic rings. The summed E-state index contributed by atoms with van der Waals surface area (Å²) in [7, 11) is 0. The Balaban J connectivity index is 1.34. The van der Waals surface area contributed by atoms with Gasteiger partial charge in [-0.3, -0.25) is 4.57 Å². The van der Waals surface area contributed by atoms with Crippen molar-refractivity contribution < 1.29 is 8.78 Å². The number of allylic oxidation sites excluding steroid dienone is 3. The van der Waals surface area contributed by atoms with E-state index in [4.69, 9.17) is 5.73 Å². The quantitative estimate of drug-likeness (QED) is 0.150. The maximum absolute atomic E-state index is 14.5. The van der Waals surface area contributed by atoms with Crippen LogP contribution in [0.15, 0.2) is 152 Å². The van der Waals surface area contributed by atoms with Gasteiger partial charge < -0.3 is 10.1 Å². The molecule has 48 heavy (non-hydrogen) atoms. The van der Waals surface area contributed by atoms with E-state index in [1.807, 2.05) is 36.4 Å². The Hall–Kier alpha value is -6.20. The summed E-state index contributed by atoms with van der Waals surface area (Å²) in [6.45, 7) is 0. The van der Waals surface area contributed by atoms with Gasteiger partial charge in [0, 0.05) is 26.9 Å². The smallest absolute Gasteiger partial charge is 0.123 e. The molecule has 0 aliphatic carbocycles. The number of pyridine rings is 1. The SMILES string of the molecule is N/C(=C\C(=C/Cc1cccc(F)c1)c1cccc(F)c1)n1c2ccccc2c2ccc3c(cc4c5ccccc5c5ccccc5n43)c21. The molecule has 0 amide bonds. The fourth-order valence-corrected chi connectivity index (χ4v) is 7.35. The van der Waals surface area contributed by atoms with Crippen LogP contribution >= 0.6 is 0 Å². The largest absolute Gasteiger partial charge is 0.385 e. The van der Waals surface area contributed by atoms with Gasteiger partial charge in [0.1, 0.15) is 17.5 Å². The normalized spacial score (nSPS) is 12.8. The van der Waals surface area contributed by atoms with Gasteiger partial charge in [0.05, 0.1) is 27.6 Å². The van der Waals surface area contributed by atoms with E-state index in [0.717, 1.165) is 54.9 Å². The maximum atomic E-state index is 14.5. The van der Waals surface area contributed by atoms with Crippen LogP contribution in [-0.4, -0.2) is 8.97 Å². The molecule has 0 saturated heterocycles. The van der Waals surface area contributed by atoms with Crippen LogP contribution in [0.5, 0.6) is 0 Å². The second-order valence-corrected chi connectivity index (χ2v) is 12.2. The maximum Gasteiger partial charge on any atom is 0.123 e. The van der Waals surface area contributed by atoms with Crippen molar-refractivity contribution in [3.8, 4) is 0 Å². The lowest BCUT2D eigenvalue weighted by Gasteiger charge is -2.12. The fraction of sp³-hybridized carbons (Fsp3) is 0.0233. The van der Waals surface area contributed by atoms with Crippen molar-refractivity contribution in [3.63, 3.8) is 0 Å². The second kappa shape index (κ2) is 11.0. The predicted octanol–water partition coefficient (Wildman–Crippen LogP) is 10.9. The molecule has 0 unspecified atom stereocenters. The number of aromatic nitrogens is 2. The first-order valence-electron chi connectivity index (χ1n) is 16.0. The third-order valence-electron chi connectivity index (χ3n) is 9.42. The lowest BCUT2D eigenvalue weighted by Crippen LogP contribution is -2.07. The molecule has 0 atom stereocenters. The van der Waals surface area contributed by atoms with Crippen LogP contribution in [0.4, 0.5) is 8.78 Å². The third-order valence-corrected chi connectivity index (χ3v) is 9.42. The van der Waals surface area contributed by atoms with Crippen LogP contribution < -0.4 is 5.73 Å². The third kappa shape index (κ3) is 4.39. The highest BCUT2D eigenvalue weighted by Gasteiger charge is 2.19. The summed E-state index contributed by atoms with van der Waals surface area (Å²) >= 11 is 0. The van der Waals surface area contributed by atoms with Crippen LogP contribution in [0, 0.1) is 11.6 Å². The second-order valence-electron chi connectivity index (χ2n) is 12.2. The standard InChI is InChI=1S/C43H29F2N3/c44-30-11-7-9-27(23-30)19-20-29(28-10-8-12-31(45)24-28)25-42(46)48-39-18-6-4-16-35(39)36-21-22-40-37(43(36)48)26-41-34-15-2-1-13-32(34)33-14-3-5-17-38(33)47(40)41/h1-18,20-26H,19,46H2/b29-20+,42-25+. The van der Waals surface area contributed by atoms with E-state index in [0.29, 0.717) is 17.8 Å². The number of nitrogens with zero attached hydrogens (tertiary/aromatic N) is 2. The highest BCUT2D eigenvalue weighted by molar-refractivity contribution is 6.23. The summed E-state index contributed by atoms with van der Waals surface area (Å²) < 4.78 is 33.0. The molecule has 0 saturated carbocycles. The molecule has 3 aromatic heterocycles. The molecule has 2 N–H and O–H groups in total. The minimum atomic E-state index is -0.338. The Labute approximate surface area is 275 Å². The van der Waals surface area contributed by atoms with Crippen LogP contribution in [0.1, 0.15) is 11.1 Å². The van der Waals surface area contributed by atoms with Crippen molar-refractivity contribution in [1.29, 1.82) is 0 Å². The van der Waals surface area contributed by atoms with Gasteiger partial charge in [0.2, 0.25) is 0 Å². The average molecular weight is 626 g/mol. The van der Waals surface area contributed by atoms with Crippen LogP contribution in [0.3, 0.4) is 0 Å². The molecular formula is C43H29F2N3. The molecule has 0 spiro atoms. The monoisotopic (exact) mass is 625 g/mol. The van der Waals surface area contributed by atoms with Crippen molar-refractivity contribution >= 4 is 71.3 Å². The topological polar surface area (TPSA) is 35.4 Å². The Morgan fingerprint density at radius 2 is 1.17 bits per heavy atom. The highest BCUT2D eigenvalue weighted by atomic mass is 19.1. The van der Waals surface area contributed by atoms with E-state index in [1.54, 1.807) is 12.1 Å². The lowest BCUT2D eigenvalue weighted by atomic mass is 10.0. The number of para-hydroxylation sites is 2. The van der Waals surface area contributed by atoms with Crippen molar-refractivity contribution in [1.82, 2.24) is 8.97 Å². The summed E-state index contributed by atoms with van der Waals surface area (Å²) in [6, 6.07) is 45.0. The van der Waals surface area contributed by atoms with E-state index in [2.05, 4.69) is 87.8 Å². The van der Waals surface area contributed by atoms with E-state index in [-0.39, 0.29) is 11.6 Å². The molecule has 3 heterocycles. The number of halogens is 2. The summed E-state index contributed by atoms with van der Waals surface area (Å²) in [4.78, 5) is 0. The molecule has 230 valence electrons. The first kappa shape index (κ1) is 28.1. The molecule has 5 heteroatoms. The molecule has 0 aliphatic heterocycles. The lowest BCUT2D eigenvalue weighted by molar-refractivity contribution is 0.626. The molecule has 0 radical (unpaired) electrons. The van der Waals surface area contributed by atoms with Crippen molar-refractivity contribution in [2.45, 2.75) is 6.42 Å². The Morgan fingerprint density at radius 3 is 1.92 bits per heavy atom. The number of hydrogen-bond acceptors (Lipinski definition) is 1.